The molecule has 2 atom stereocenters. The number of nitrogens with zero attached hydrogens (tertiary/aromatic N) is 1. The summed E-state index contributed by atoms with van der Waals surface area (Å²) in [4.78, 5) is 25.9. The number of amides is 1. The van der Waals surface area contributed by atoms with E-state index in [4.69, 9.17) is 16.3 Å². The molecule has 1 aliphatic rings. The molecule has 1 aliphatic heterocycles. The molecule has 0 aliphatic carbocycles. The van der Waals surface area contributed by atoms with Crippen LogP contribution < -0.4 is 0 Å². The fourth-order valence-electron chi connectivity index (χ4n) is 2.42. The number of carbonyl (C=O) groups excluding carboxylic acids is 2. The molecule has 0 aromatic heterocycles. The van der Waals surface area contributed by atoms with Crippen LogP contribution in [0.5, 0.6) is 0 Å². The highest BCUT2D eigenvalue weighted by Crippen LogP contribution is 2.27. The number of methoxy groups -OCH3 is 1. The summed E-state index contributed by atoms with van der Waals surface area (Å²) >= 11 is 8.06. The van der Waals surface area contributed by atoms with Gasteiger partial charge in [-0.3, -0.25) is 9.59 Å². The van der Waals surface area contributed by atoms with Gasteiger partial charge in [0.05, 0.1) is 18.6 Å². The highest BCUT2D eigenvalue weighted by molar-refractivity contribution is 14.1. The summed E-state index contributed by atoms with van der Waals surface area (Å²) < 4.78 is 5.63. The first kappa shape index (κ1) is 15.6. The Balaban J connectivity index is 2.19. The van der Waals surface area contributed by atoms with Gasteiger partial charge in [0.25, 0.3) is 5.91 Å². The van der Waals surface area contributed by atoms with E-state index in [0.717, 1.165) is 3.57 Å². The van der Waals surface area contributed by atoms with Crippen molar-refractivity contribution in [2.75, 3.05) is 20.2 Å². The highest BCUT2D eigenvalue weighted by Gasteiger charge is 2.38. The van der Waals surface area contributed by atoms with E-state index in [1.54, 1.807) is 17.0 Å². The van der Waals surface area contributed by atoms with Crippen LogP contribution in [0.25, 0.3) is 0 Å². The van der Waals surface area contributed by atoms with Crippen LogP contribution in [0, 0.1) is 15.4 Å². The van der Waals surface area contributed by atoms with Gasteiger partial charge in [-0.2, -0.15) is 0 Å². The molecule has 1 saturated heterocycles. The summed E-state index contributed by atoms with van der Waals surface area (Å²) in [6.45, 7) is 2.91. The van der Waals surface area contributed by atoms with Crippen molar-refractivity contribution in [2.45, 2.75) is 6.92 Å². The van der Waals surface area contributed by atoms with Gasteiger partial charge in [0.2, 0.25) is 0 Å². The number of carbonyl (C=O) groups is 2. The molecule has 1 aromatic carbocycles. The molecule has 0 saturated carbocycles. The monoisotopic (exact) mass is 407 g/mol. The third-order valence-corrected chi connectivity index (χ3v) is 4.74. The predicted octanol–water partition coefficient (Wildman–Crippen LogP) is 2.83. The average molecular weight is 408 g/mol. The van der Waals surface area contributed by atoms with Crippen molar-refractivity contribution >= 4 is 46.1 Å². The molecule has 6 heteroatoms. The highest BCUT2D eigenvalue weighted by atomic mass is 127. The summed E-state index contributed by atoms with van der Waals surface area (Å²) in [5, 5.41) is 0.533. The first-order chi connectivity index (χ1) is 9.43. The normalized spacial score (nSPS) is 21.9. The van der Waals surface area contributed by atoms with E-state index in [0.29, 0.717) is 23.7 Å². The molecule has 108 valence electrons. The largest absolute Gasteiger partial charge is 0.469 e. The minimum atomic E-state index is -0.256. The average Bonchev–Trinajstić information content (AvgIpc) is 2.82. The lowest BCUT2D eigenvalue weighted by molar-refractivity contribution is -0.146. The van der Waals surface area contributed by atoms with Gasteiger partial charge in [-0.15, -0.1) is 0 Å². The Labute approximate surface area is 136 Å². The fourth-order valence-corrected chi connectivity index (χ4v) is 3.16. The van der Waals surface area contributed by atoms with E-state index in [1.807, 2.05) is 13.0 Å². The number of benzene rings is 1. The molecule has 0 radical (unpaired) electrons. The molecule has 2 rings (SSSR count). The number of hydrogen-bond acceptors (Lipinski definition) is 3. The van der Waals surface area contributed by atoms with E-state index in [9.17, 15) is 9.59 Å². The first-order valence-electron chi connectivity index (χ1n) is 6.26. The quantitative estimate of drug-likeness (QED) is 0.559. The molecule has 1 amide bonds. The SMILES string of the molecule is COC(=O)C1CN(C(=O)c2cc(Cl)ccc2I)CC1C. The van der Waals surface area contributed by atoms with Crippen molar-refractivity contribution in [3.8, 4) is 0 Å². The lowest BCUT2D eigenvalue weighted by Crippen LogP contribution is -2.30. The predicted molar refractivity (Wildman–Crippen MR) is 84.7 cm³/mol. The molecule has 4 nitrogen and oxygen atoms in total. The van der Waals surface area contributed by atoms with Crippen molar-refractivity contribution < 1.29 is 14.3 Å². The molecule has 1 fully saturated rings. The minimum absolute atomic E-state index is 0.0878. The third-order valence-electron chi connectivity index (χ3n) is 3.56. The Kier molecular flexibility index (Phi) is 4.90. The lowest BCUT2D eigenvalue weighted by Gasteiger charge is -2.17. The van der Waals surface area contributed by atoms with E-state index in [2.05, 4.69) is 22.6 Å². The Morgan fingerprint density at radius 2 is 2.10 bits per heavy atom. The van der Waals surface area contributed by atoms with E-state index >= 15 is 0 Å². The van der Waals surface area contributed by atoms with Crippen LogP contribution in [0.2, 0.25) is 5.02 Å². The third kappa shape index (κ3) is 3.09. The Morgan fingerprint density at radius 3 is 2.75 bits per heavy atom. The molecular formula is C14H15ClINO3. The van der Waals surface area contributed by atoms with Gasteiger partial charge in [-0.1, -0.05) is 18.5 Å². The Hall–Kier alpha value is -0.820. The number of halogens is 2. The molecule has 1 aromatic rings. The van der Waals surface area contributed by atoms with E-state index < -0.39 is 0 Å². The first-order valence-corrected chi connectivity index (χ1v) is 7.72. The molecule has 0 N–H and O–H groups in total. The molecule has 1 heterocycles. The zero-order valence-electron chi connectivity index (χ0n) is 11.2. The Bertz CT molecular complexity index is 549. The zero-order valence-corrected chi connectivity index (χ0v) is 14.1. The van der Waals surface area contributed by atoms with Crippen LogP contribution in [0.3, 0.4) is 0 Å². The fraction of sp³-hybridized carbons (Fsp3) is 0.429. The summed E-state index contributed by atoms with van der Waals surface area (Å²) in [6.07, 6.45) is 0. The maximum absolute atomic E-state index is 12.5. The van der Waals surface area contributed by atoms with Crippen molar-refractivity contribution in [3.05, 3.63) is 32.4 Å². The maximum atomic E-state index is 12.5. The summed E-state index contributed by atoms with van der Waals surface area (Å²) in [6, 6.07) is 5.24. The minimum Gasteiger partial charge on any atom is -0.469 e. The molecule has 0 spiro atoms. The summed E-state index contributed by atoms with van der Waals surface area (Å²) in [5.74, 6) is -0.493. The number of likely N-dealkylation sites (tertiary alicyclic amines) is 1. The van der Waals surface area contributed by atoms with Gasteiger partial charge in [0.15, 0.2) is 0 Å². The molecule has 2 unspecified atom stereocenters. The molecule has 20 heavy (non-hydrogen) atoms. The van der Waals surface area contributed by atoms with Crippen LogP contribution in [0.4, 0.5) is 0 Å². The summed E-state index contributed by atoms with van der Waals surface area (Å²) in [7, 11) is 1.37. The second-order valence-corrected chi connectivity index (χ2v) is 6.54. The number of ether oxygens (including phenoxy) is 1. The van der Waals surface area contributed by atoms with Crippen LogP contribution in [0.1, 0.15) is 17.3 Å². The second-order valence-electron chi connectivity index (χ2n) is 4.94. The van der Waals surface area contributed by atoms with Gasteiger partial charge < -0.3 is 9.64 Å². The van der Waals surface area contributed by atoms with Gasteiger partial charge in [0, 0.05) is 21.7 Å². The molecular weight excluding hydrogens is 393 g/mol. The van der Waals surface area contributed by atoms with Crippen LogP contribution in [0.15, 0.2) is 18.2 Å². The summed E-state index contributed by atoms with van der Waals surface area (Å²) in [5.41, 5.74) is 0.579. The van der Waals surface area contributed by atoms with Crippen molar-refractivity contribution in [1.29, 1.82) is 0 Å². The number of esters is 1. The zero-order chi connectivity index (χ0) is 14.9. The topological polar surface area (TPSA) is 46.6 Å². The molecule has 0 bridgehead atoms. The smallest absolute Gasteiger partial charge is 0.310 e. The van der Waals surface area contributed by atoms with Gasteiger partial charge in [-0.05, 0) is 46.7 Å². The van der Waals surface area contributed by atoms with Crippen molar-refractivity contribution in [1.82, 2.24) is 4.90 Å². The maximum Gasteiger partial charge on any atom is 0.310 e. The number of rotatable bonds is 2. The second kappa shape index (κ2) is 6.30. The van der Waals surface area contributed by atoms with Crippen LogP contribution in [-0.2, 0) is 9.53 Å². The van der Waals surface area contributed by atoms with Crippen LogP contribution in [-0.4, -0.2) is 37.0 Å². The number of hydrogen-bond donors (Lipinski definition) is 0. The Morgan fingerprint density at radius 1 is 1.40 bits per heavy atom. The van der Waals surface area contributed by atoms with E-state index in [-0.39, 0.29) is 23.7 Å². The van der Waals surface area contributed by atoms with Crippen LogP contribution >= 0.6 is 34.2 Å². The van der Waals surface area contributed by atoms with Gasteiger partial charge in [-0.25, -0.2) is 0 Å². The lowest BCUT2D eigenvalue weighted by atomic mass is 9.99. The van der Waals surface area contributed by atoms with E-state index in [1.165, 1.54) is 7.11 Å². The van der Waals surface area contributed by atoms with Crippen molar-refractivity contribution in [2.24, 2.45) is 11.8 Å². The van der Waals surface area contributed by atoms with Gasteiger partial charge in [0.1, 0.15) is 0 Å². The standard InChI is InChI=1S/C14H15ClINO3/c1-8-6-17(7-11(8)14(19)20-2)13(18)10-5-9(15)3-4-12(10)16/h3-5,8,11H,6-7H2,1-2H3. The van der Waals surface area contributed by atoms with Crippen molar-refractivity contribution in [3.63, 3.8) is 0 Å². The van der Waals surface area contributed by atoms with Gasteiger partial charge >= 0.3 is 5.97 Å².